The molecule has 1 N–H and O–H groups in total. The molecule has 3 aliphatic heterocycles. The lowest BCUT2D eigenvalue weighted by atomic mass is 9.85. The van der Waals surface area contributed by atoms with E-state index in [1.165, 1.54) is 0 Å². The molecule has 3 fully saturated rings. The van der Waals surface area contributed by atoms with Gasteiger partial charge in [-0.2, -0.15) is 0 Å². The van der Waals surface area contributed by atoms with E-state index >= 15 is 0 Å². The number of imidazole rings is 1. The van der Waals surface area contributed by atoms with Crippen LogP contribution in [-0.4, -0.2) is 106 Å². The summed E-state index contributed by atoms with van der Waals surface area (Å²) in [5.74, 6) is 0. The van der Waals surface area contributed by atoms with Gasteiger partial charge in [0, 0.05) is 70.7 Å². The number of piperidine rings is 2. The van der Waals surface area contributed by atoms with Crippen molar-refractivity contribution in [1.29, 1.82) is 0 Å². The Bertz CT molecular complexity index is 1540. The molecule has 4 heterocycles. The van der Waals surface area contributed by atoms with Gasteiger partial charge in [-0.1, -0.05) is 41.4 Å². The Labute approximate surface area is 267 Å². The molecule has 0 radical (unpaired) electrons. The smallest absolute Gasteiger partial charge is 0.411 e. The number of para-hydroxylation sites is 2. The lowest BCUT2D eigenvalue weighted by Gasteiger charge is -2.56. The number of ether oxygens (including phenoxy) is 1. The van der Waals surface area contributed by atoms with Crippen LogP contribution < -0.4 is 5.69 Å². The highest BCUT2D eigenvalue weighted by molar-refractivity contribution is 6.42. The SMILES string of the molecule is CN1CCN(C2CCN([C@]3(CC=O)C[C@H](n4c(=O)[nH]c5ccccc54)CCN3C(=O)OCc3ccc(Cl)c(Cl)c3)CC2)CC1. The zero-order valence-corrected chi connectivity index (χ0v) is 26.6. The molecule has 2 aromatic carbocycles. The number of halogens is 2. The fourth-order valence-corrected chi connectivity index (χ4v) is 7.76. The number of aldehydes is 1. The third-order valence-electron chi connectivity index (χ3n) is 9.82. The maximum Gasteiger partial charge on any atom is 0.411 e. The quantitative estimate of drug-likeness (QED) is 0.376. The van der Waals surface area contributed by atoms with E-state index in [1.807, 2.05) is 28.8 Å². The van der Waals surface area contributed by atoms with Gasteiger partial charge in [0.15, 0.2) is 0 Å². The highest BCUT2D eigenvalue weighted by Gasteiger charge is 2.51. The number of hydrogen-bond donors (Lipinski definition) is 1. The molecule has 1 aromatic heterocycles. The first-order valence-electron chi connectivity index (χ1n) is 15.5. The number of amides is 1. The summed E-state index contributed by atoms with van der Waals surface area (Å²) in [7, 11) is 2.16. The first kappa shape index (κ1) is 31.1. The molecule has 3 aromatic rings. The molecule has 0 bridgehead atoms. The molecular weight excluding hydrogens is 603 g/mol. The first-order chi connectivity index (χ1) is 21.3. The molecule has 236 valence electrons. The Morgan fingerprint density at radius 2 is 1.70 bits per heavy atom. The predicted octanol–water partition coefficient (Wildman–Crippen LogP) is 4.61. The van der Waals surface area contributed by atoms with Crippen LogP contribution in [0.25, 0.3) is 11.0 Å². The van der Waals surface area contributed by atoms with Gasteiger partial charge in [-0.25, -0.2) is 9.59 Å². The van der Waals surface area contributed by atoms with E-state index in [2.05, 4.69) is 26.7 Å². The van der Waals surface area contributed by atoms with Gasteiger partial charge < -0.3 is 19.4 Å². The van der Waals surface area contributed by atoms with Gasteiger partial charge in [-0.15, -0.1) is 0 Å². The maximum atomic E-state index is 13.9. The molecular formula is C32H40Cl2N6O4. The number of aromatic nitrogens is 2. The van der Waals surface area contributed by atoms with Crippen molar-refractivity contribution in [1.82, 2.24) is 29.2 Å². The topological polar surface area (TPSA) is 94.1 Å². The minimum Gasteiger partial charge on any atom is -0.444 e. The zero-order chi connectivity index (χ0) is 30.8. The van der Waals surface area contributed by atoms with Gasteiger partial charge in [0.25, 0.3) is 0 Å². The Kier molecular flexibility index (Phi) is 9.35. The van der Waals surface area contributed by atoms with Crippen molar-refractivity contribution in [3.05, 3.63) is 68.6 Å². The van der Waals surface area contributed by atoms with E-state index < -0.39 is 11.8 Å². The van der Waals surface area contributed by atoms with Crippen LogP contribution in [0.2, 0.25) is 10.0 Å². The van der Waals surface area contributed by atoms with Crippen molar-refractivity contribution in [3.8, 4) is 0 Å². The second kappa shape index (κ2) is 13.2. The molecule has 0 aliphatic carbocycles. The molecule has 0 unspecified atom stereocenters. The number of likely N-dealkylation sites (N-methyl/N-ethyl adjacent to an activating group) is 1. The summed E-state index contributed by atoms with van der Waals surface area (Å²) < 4.78 is 7.67. The number of carbonyl (C=O) groups excluding carboxylic acids is 2. The zero-order valence-electron chi connectivity index (χ0n) is 25.1. The summed E-state index contributed by atoms with van der Waals surface area (Å²) in [6, 6.07) is 13.1. The fourth-order valence-electron chi connectivity index (χ4n) is 7.44. The molecule has 3 aliphatic rings. The monoisotopic (exact) mass is 642 g/mol. The van der Waals surface area contributed by atoms with Crippen LogP contribution >= 0.6 is 23.2 Å². The number of H-pyrrole nitrogens is 1. The number of piperazine rings is 1. The summed E-state index contributed by atoms with van der Waals surface area (Å²) in [5, 5.41) is 0.824. The summed E-state index contributed by atoms with van der Waals surface area (Å²) in [6.45, 7) is 6.11. The van der Waals surface area contributed by atoms with Gasteiger partial charge in [0.05, 0.1) is 21.1 Å². The largest absolute Gasteiger partial charge is 0.444 e. The maximum absolute atomic E-state index is 13.9. The third-order valence-corrected chi connectivity index (χ3v) is 10.6. The minimum atomic E-state index is -0.926. The Hall–Kier alpha value is -2.89. The van der Waals surface area contributed by atoms with Crippen molar-refractivity contribution in [2.45, 2.75) is 56.5 Å². The van der Waals surface area contributed by atoms with Crippen LogP contribution in [0.5, 0.6) is 0 Å². The fraction of sp³-hybridized carbons (Fsp3) is 0.531. The number of hydrogen-bond acceptors (Lipinski definition) is 7. The van der Waals surface area contributed by atoms with Crippen LogP contribution in [-0.2, 0) is 16.1 Å². The number of fused-ring (bicyclic) bond motifs is 1. The number of likely N-dealkylation sites (tertiary alicyclic amines) is 2. The van der Waals surface area contributed by atoms with Crippen LogP contribution in [0, 0.1) is 0 Å². The van der Waals surface area contributed by atoms with Crippen molar-refractivity contribution in [3.63, 3.8) is 0 Å². The van der Waals surface area contributed by atoms with E-state index in [0.29, 0.717) is 35.5 Å². The molecule has 1 amide bonds. The van der Waals surface area contributed by atoms with Gasteiger partial charge in [-0.3, -0.25) is 19.3 Å². The molecule has 12 heteroatoms. The highest BCUT2D eigenvalue weighted by atomic mass is 35.5. The number of benzene rings is 2. The molecule has 3 saturated heterocycles. The van der Waals surface area contributed by atoms with E-state index in [-0.39, 0.29) is 24.8 Å². The number of nitrogens with one attached hydrogen (secondary N) is 1. The Morgan fingerprint density at radius 3 is 2.43 bits per heavy atom. The Balaban J connectivity index is 1.28. The molecule has 0 spiro atoms. The van der Waals surface area contributed by atoms with Crippen molar-refractivity contribution in [2.75, 3.05) is 52.9 Å². The van der Waals surface area contributed by atoms with E-state index in [9.17, 15) is 14.4 Å². The van der Waals surface area contributed by atoms with Crippen molar-refractivity contribution < 1.29 is 14.3 Å². The lowest BCUT2D eigenvalue weighted by Crippen LogP contribution is -2.68. The average molecular weight is 644 g/mol. The molecule has 44 heavy (non-hydrogen) atoms. The van der Waals surface area contributed by atoms with E-state index in [0.717, 1.165) is 75.0 Å². The first-order valence-corrected chi connectivity index (χ1v) is 16.2. The summed E-state index contributed by atoms with van der Waals surface area (Å²) in [5.41, 5.74) is 1.22. The molecule has 2 atom stereocenters. The van der Waals surface area contributed by atoms with Crippen LogP contribution in [0.4, 0.5) is 4.79 Å². The van der Waals surface area contributed by atoms with E-state index in [1.54, 1.807) is 23.1 Å². The number of rotatable bonds is 7. The van der Waals surface area contributed by atoms with Gasteiger partial charge in [0.2, 0.25) is 0 Å². The van der Waals surface area contributed by atoms with Crippen molar-refractivity contribution >= 4 is 46.6 Å². The molecule has 6 rings (SSSR count). The highest BCUT2D eigenvalue weighted by Crippen LogP contribution is 2.42. The normalized spacial score (nSPS) is 24.5. The second-order valence-electron chi connectivity index (χ2n) is 12.3. The Morgan fingerprint density at radius 1 is 0.977 bits per heavy atom. The van der Waals surface area contributed by atoms with Crippen molar-refractivity contribution in [2.24, 2.45) is 0 Å². The number of carbonyl (C=O) groups is 2. The second-order valence-corrected chi connectivity index (χ2v) is 13.1. The molecule has 0 saturated carbocycles. The van der Waals surface area contributed by atoms with E-state index in [4.69, 9.17) is 27.9 Å². The predicted molar refractivity (Wildman–Crippen MR) is 171 cm³/mol. The van der Waals surface area contributed by atoms with Gasteiger partial charge in [0.1, 0.15) is 18.6 Å². The van der Waals surface area contributed by atoms with Crippen LogP contribution in [0.3, 0.4) is 0 Å². The molecule has 10 nitrogen and oxygen atoms in total. The number of nitrogens with zero attached hydrogens (tertiary/aromatic N) is 5. The van der Waals surface area contributed by atoms with Gasteiger partial charge in [-0.05, 0) is 56.1 Å². The summed E-state index contributed by atoms with van der Waals surface area (Å²) >= 11 is 12.3. The third kappa shape index (κ3) is 6.15. The summed E-state index contributed by atoms with van der Waals surface area (Å²) in [4.78, 5) is 51.5. The van der Waals surface area contributed by atoms with Crippen LogP contribution in [0.1, 0.15) is 43.7 Å². The number of aromatic amines is 1. The standard InChI is InChI=1S/C32H40Cl2N6O4/c1-36-15-17-37(18-16-36)24-8-12-38(13-9-24)32(11-19-41)21-25(40-29-5-3-2-4-28(29)35-30(40)42)10-14-39(32)31(43)44-22-23-6-7-26(33)27(34)20-23/h2-7,19-20,24-25H,8-18,21-22H2,1H3,(H,35,42)/t25-,32+/m1/s1. The minimum absolute atomic E-state index is 0.0280. The summed E-state index contributed by atoms with van der Waals surface area (Å²) in [6.07, 6.45) is 3.45. The van der Waals surface area contributed by atoms with Gasteiger partial charge >= 0.3 is 11.8 Å². The van der Waals surface area contributed by atoms with Crippen LogP contribution in [0.15, 0.2) is 47.3 Å². The average Bonchev–Trinajstić information content (AvgIpc) is 3.37. The lowest BCUT2D eigenvalue weighted by molar-refractivity contribution is -0.127.